The monoisotopic (exact) mass is 512 g/mol. The number of anilines is 2. The lowest BCUT2D eigenvalue weighted by Crippen LogP contribution is -2.31. The number of nitrogens with one attached hydrogen (secondary N) is 2. The largest absolute Gasteiger partial charge is 0.497 e. The molecule has 0 spiro atoms. The molecule has 1 atom stereocenters. The first-order chi connectivity index (χ1) is 18.4. The van der Waals surface area contributed by atoms with Gasteiger partial charge in [0.25, 0.3) is 11.6 Å². The van der Waals surface area contributed by atoms with E-state index in [9.17, 15) is 14.9 Å². The van der Waals surface area contributed by atoms with Gasteiger partial charge in [-0.05, 0) is 48.9 Å². The van der Waals surface area contributed by atoms with Crippen LogP contribution in [0.3, 0.4) is 0 Å². The van der Waals surface area contributed by atoms with Gasteiger partial charge in [0.2, 0.25) is 5.95 Å². The number of para-hydroxylation sites is 2. The van der Waals surface area contributed by atoms with E-state index < -0.39 is 11.0 Å². The minimum Gasteiger partial charge on any atom is -0.497 e. The standard InChI is InChI=1S/C27H24N6O5/c1-16-23(26(34)29-21-6-4-5-7-22(21)38-3)24(17-10-14-20(37-2)15-11-17)32-27(28-16)30-25(31-32)18-8-12-19(13-9-18)33(35)36/h4-15,24H,1-3H3,(H,29,34)(H,28,30,31). The molecule has 192 valence electrons. The van der Waals surface area contributed by atoms with Crippen molar-refractivity contribution in [3.8, 4) is 22.9 Å². The number of hydrogen-bond acceptors (Lipinski definition) is 8. The molecule has 38 heavy (non-hydrogen) atoms. The smallest absolute Gasteiger partial charge is 0.269 e. The molecule has 11 heteroatoms. The number of carbonyl (C=O) groups excluding carboxylic acids is 1. The van der Waals surface area contributed by atoms with E-state index in [-0.39, 0.29) is 11.6 Å². The Morgan fingerprint density at radius 1 is 1.03 bits per heavy atom. The van der Waals surface area contributed by atoms with Gasteiger partial charge in [0, 0.05) is 23.4 Å². The van der Waals surface area contributed by atoms with Gasteiger partial charge in [-0.3, -0.25) is 14.9 Å². The predicted molar refractivity (Wildman–Crippen MR) is 141 cm³/mol. The molecule has 0 bridgehead atoms. The van der Waals surface area contributed by atoms with Gasteiger partial charge in [-0.15, -0.1) is 5.10 Å². The lowest BCUT2D eigenvalue weighted by Gasteiger charge is -2.29. The van der Waals surface area contributed by atoms with Gasteiger partial charge in [-0.2, -0.15) is 4.98 Å². The zero-order chi connectivity index (χ0) is 26.8. The molecule has 5 rings (SSSR count). The van der Waals surface area contributed by atoms with Crippen LogP contribution in [0.4, 0.5) is 17.3 Å². The van der Waals surface area contributed by atoms with Crippen LogP contribution in [0.2, 0.25) is 0 Å². The van der Waals surface area contributed by atoms with Gasteiger partial charge in [0.05, 0.1) is 30.4 Å². The number of non-ortho nitro benzene ring substituents is 1. The number of amides is 1. The molecule has 1 amide bonds. The molecule has 4 aromatic rings. The predicted octanol–water partition coefficient (Wildman–Crippen LogP) is 4.80. The Kier molecular flexibility index (Phi) is 6.48. The highest BCUT2D eigenvalue weighted by Gasteiger charge is 2.35. The normalized spacial score (nSPS) is 14.3. The van der Waals surface area contributed by atoms with Crippen LogP contribution in [-0.2, 0) is 4.79 Å². The summed E-state index contributed by atoms with van der Waals surface area (Å²) >= 11 is 0. The summed E-state index contributed by atoms with van der Waals surface area (Å²) < 4.78 is 12.4. The molecular formula is C27H24N6O5. The fraction of sp³-hybridized carbons (Fsp3) is 0.148. The average molecular weight is 513 g/mol. The number of ether oxygens (including phenoxy) is 2. The Morgan fingerprint density at radius 2 is 1.74 bits per heavy atom. The molecule has 2 N–H and O–H groups in total. The van der Waals surface area contributed by atoms with E-state index in [0.717, 1.165) is 5.56 Å². The number of allylic oxidation sites excluding steroid dienone is 1. The van der Waals surface area contributed by atoms with Crippen molar-refractivity contribution in [2.24, 2.45) is 0 Å². The molecule has 0 aliphatic carbocycles. The highest BCUT2D eigenvalue weighted by Crippen LogP contribution is 2.38. The fourth-order valence-electron chi connectivity index (χ4n) is 4.33. The van der Waals surface area contributed by atoms with Crippen LogP contribution >= 0.6 is 0 Å². The van der Waals surface area contributed by atoms with Crippen molar-refractivity contribution in [2.45, 2.75) is 13.0 Å². The van der Waals surface area contributed by atoms with E-state index in [4.69, 9.17) is 14.6 Å². The van der Waals surface area contributed by atoms with Gasteiger partial charge < -0.3 is 20.1 Å². The van der Waals surface area contributed by atoms with Crippen LogP contribution in [0, 0.1) is 10.1 Å². The van der Waals surface area contributed by atoms with E-state index in [1.807, 2.05) is 36.4 Å². The topological polar surface area (TPSA) is 133 Å². The Balaban J connectivity index is 1.58. The van der Waals surface area contributed by atoms with Crippen LogP contribution in [0.15, 0.2) is 84.1 Å². The van der Waals surface area contributed by atoms with Crippen LogP contribution in [0.5, 0.6) is 11.5 Å². The number of rotatable bonds is 7. The van der Waals surface area contributed by atoms with Crippen LogP contribution in [0.1, 0.15) is 18.5 Å². The van der Waals surface area contributed by atoms with Crippen molar-refractivity contribution in [1.29, 1.82) is 0 Å². The molecule has 1 aliphatic rings. The summed E-state index contributed by atoms with van der Waals surface area (Å²) in [7, 11) is 3.13. The first kappa shape index (κ1) is 24.5. The molecule has 1 aromatic heterocycles. The number of methoxy groups -OCH3 is 2. The number of nitro benzene ring substituents is 1. The second-order valence-corrected chi connectivity index (χ2v) is 8.50. The van der Waals surface area contributed by atoms with Gasteiger partial charge >= 0.3 is 0 Å². The summed E-state index contributed by atoms with van der Waals surface area (Å²) in [5.41, 5.74) is 2.94. The van der Waals surface area contributed by atoms with E-state index in [2.05, 4.69) is 15.6 Å². The molecule has 11 nitrogen and oxygen atoms in total. The molecule has 1 aliphatic heterocycles. The quantitative estimate of drug-likeness (QED) is 0.267. The summed E-state index contributed by atoms with van der Waals surface area (Å²) in [5, 5.41) is 21.9. The third-order valence-electron chi connectivity index (χ3n) is 6.22. The zero-order valence-corrected chi connectivity index (χ0v) is 20.8. The van der Waals surface area contributed by atoms with Crippen LogP contribution in [-0.4, -0.2) is 39.8 Å². The van der Waals surface area contributed by atoms with E-state index in [0.29, 0.717) is 45.8 Å². The summed E-state index contributed by atoms with van der Waals surface area (Å²) in [6.45, 7) is 1.80. The Labute approximate surface area is 217 Å². The zero-order valence-electron chi connectivity index (χ0n) is 20.8. The van der Waals surface area contributed by atoms with Crippen molar-refractivity contribution in [1.82, 2.24) is 14.8 Å². The second-order valence-electron chi connectivity index (χ2n) is 8.50. The number of nitrogens with zero attached hydrogens (tertiary/aromatic N) is 4. The summed E-state index contributed by atoms with van der Waals surface area (Å²) in [6.07, 6.45) is 0. The Morgan fingerprint density at radius 3 is 2.39 bits per heavy atom. The Bertz CT molecular complexity index is 1540. The highest BCUT2D eigenvalue weighted by molar-refractivity contribution is 6.06. The van der Waals surface area contributed by atoms with E-state index >= 15 is 0 Å². The maximum atomic E-state index is 13.7. The van der Waals surface area contributed by atoms with Gasteiger partial charge in [0.15, 0.2) is 5.82 Å². The lowest BCUT2D eigenvalue weighted by atomic mass is 9.95. The fourth-order valence-corrected chi connectivity index (χ4v) is 4.33. The van der Waals surface area contributed by atoms with E-state index in [1.54, 1.807) is 50.1 Å². The lowest BCUT2D eigenvalue weighted by molar-refractivity contribution is -0.384. The van der Waals surface area contributed by atoms with E-state index in [1.165, 1.54) is 12.1 Å². The molecule has 0 radical (unpaired) electrons. The molecule has 0 fully saturated rings. The number of aromatic nitrogens is 3. The summed E-state index contributed by atoms with van der Waals surface area (Å²) in [4.78, 5) is 28.9. The van der Waals surface area contributed by atoms with Crippen molar-refractivity contribution in [2.75, 3.05) is 24.9 Å². The molecule has 1 unspecified atom stereocenters. The van der Waals surface area contributed by atoms with Gasteiger partial charge in [0.1, 0.15) is 17.5 Å². The minimum absolute atomic E-state index is 0.0280. The summed E-state index contributed by atoms with van der Waals surface area (Å²) in [5.74, 6) is 1.67. The maximum absolute atomic E-state index is 13.7. The van der Waals surface area contributed by atoms with Gasteiger partial charge in [-0.25, -0.2) is 4.68 Å². The van der Waals surface area contributed by atoms with Crippen molar-refractivity contribution in [3.05, 3.63) is 99.7 Å². The van der Waals surface area contributed by atoms with Crippen molar-refractivity contribution < 1.29 is 19.2 Å². The average Bonchev–Trinajstić information content (AvgIpc) is 3.36. The highest BCUT2D eigenvalue weighted by atomic mass is 16.6. The minimum atomic E-state index is -0.619. The number of benzene rings is 3. The first-order valence-electron chi connectivity index (χ1n) is 11.7. The molecule has 0 saturated carbocycles. The van der Waals surface area contributed by atoms with Crippen LogP contribution < -0.4 is 20.1 Å². The molecular weight excluding hydrogens is 488 g/mol. The third kappa shape index (κ3) is 4.52. The molecule has 2 heterocycles. The Hall–Kier alpha value is -5.19. The second kappa shape index (κ2) is 10.1. The molecule has 0 saturated heterocycles. The molecule has 3 aromatic carbocycles. The van der Waals surface area contributed by atoms with Crippen molar-refractivity contribution >= 4 is 23.2 Å². The number of hydrogen-bond donors (Lipinski definition) is 2. The van der Waals surface area contributed by atoms with Crippen molar-refractivity contribution in [3.63, 3.8) is 0 Å². The number of carbonyl (C=O) groups is 1. The first-order valence-corrected chi connectivity index (χ1v) is 11.7. The summed E-state index contributed by atoms with van der Waals surface area (Å²) in [6, 6.07) is 19.9. The SMILES string of the molecule is COc1ccc(C2C(C(=O)Nc3ccccc3OC)=C(C)Nc3nc(-c4ccc([N+](=O)[O-])cc4)nn32)cc1. The van der Waals surface area contributed by atoms with Gasteiger partial charge in [-0.1, -0.05) is 24.3 Å². The maximum Gasteiger partial charge on any atom is 0.269 e. The number of nitro groups is 1. The number of fused-ring (bicyclic) bond motifs is 1. The third-order valence-corrected chi connectivity index (χ3v) is 6.22. The van der Waals surface area contributed by atoms with Crippen LogP contribution in [0.25, 0.3) is 11.4 Å².